The second kappa shape index (κ2) is 6.58. The highest BCUT2D eigenvalue weighted by molar-refractivity contribution is 7.13. The zero-order valence-electron chi connectivity index (χ0n) is 13.3. The van der Waals surface area contributed by atoms with Crippen LogP contribution in [0.3, 0.4) is 0 Å². The van der Waals surface area contributed by atoms with Crippen molar-refractivity contribution in [3.8, 4) is 0 Å². The molecular formula is C17H20N4O2S. The van der Waals surface area contributed by atoms with Crippen molar-refractivity contribution in [2.45, 2.75) is 25.0 Å². The summed E-state index contributed by atoms with van der Waals surface area (Å²) in [5, 5.41) is 12.8. The van der Waals surface area contributed by atoms with E-state index in [0.717, 1.165) is 31.7 Å². The second-order valence-electron chi connectivity index (χ2n) is 6.58. The largest absolute Gasteiger partial charge is 0.386 e. The molecule has 2 aromatic rings. The van der Waals surface area contributed by atoms with Crippen molar-refractivity contribution in [1.82, 2.24) is 14.5 Å². The summed E-state index contributed by atoms with van der Waals surface area (Å²) in [4.78, 5) is 22.6. The van der Waals surface area contributed by atoms with E-state index in [1.807, 2.05) is 16.0 Å². The summed E-state index contributed by atoms with van der Waals surface area (Å²) in [5.41, 5.74) is 1.24. The topological polar surface area (TPSA) is 70.7 Å². The fraction of sp³-hybridized carbons (Fsp3) is 0.471. The van der Waals surface area contributed by atoms with Crippen molar-refractivity contribution in [2.24, 2.45) is 10.9 Å². The third kappa shape index (κ3) is 3.19. The van der Waals surface area contributed by atoms with E-state index in [2.05, 4.69) is 20.9 Å². The van der Waals surface area contributed by atoms with Gasteiger partial charge in [0, 0.05) is 61.6 Å². The van der Waals surface area contributed by atoms with Gasteiger partial charge in [-0.2, -0.15) is 0 Å². The number of nitrogens with zero attached hydrogens (tertiary/aromatic N) is 4. The molecular weight excluding hydrogens is 324 g/mol. The van der Waals surface area contributed by atoms with E-state index in [1.54, 1.807) is 18.5 Å². The highest BCUT2D eigenvalue weighted by Gasteiger charge is 2.34. The van der Waals surface area contributed by atoms with Gasteiger partial charge in [-0.3, -0.25) is 9.69 Å². The van der Waals surface area contributed by atoms with Gasteiger partial charge in [0.2, 0.25) is 5.13 Å². The van der Waals surface area contributed by atoms with Crippen LogP contribution in [0.1, 0.15) is 18.0 Å². The molecule has 1 saturated heterocycles. The summed E-state index contributed by atoms with van der Waals surface area (Å²) in [6, 6.07) is 5.55. The third-order valence-electron chi connectivity index (χ3n) is 4.78. The number of β-amino-alcohol motifs (C(OH)–C–C–N with tert-alkyl or cyclic N) is 1. The molecule has 1 N–H and O–H groups in total. The Bertz CT molecular complexity index is 786. The average molecular weight is 344 g/mol. The first kappa shape index (κ1) is 15.7. The van der Waals surface area contributed by atoms with E-state index in [4.69, 9.17) is 0 Å². The van der Waals surface area contributed by atoms with Crippen molar-refractivity contribution in [3.05, 3.63) is 45.8 Å². The van der Waals surface area contributed by atoms with Crippen LogP contribution in [0, 0.1) is 5.92 Å². The van der Waals surface area contributed by atoms with Gasteiger partial charge in [-0.15, -0.1) is 11.3 Å². The van der Waals surface area contributed by atoms with Crippen molar-refractivity contribution in [1.29, 1.82) is 0 Å². The summed E-state index contributed by atoms with van der Waals surface area (Å²) in [6.45, 7) is 3.14. The number of aliphatic imine (C=N–C) groups is 1. The Morgan fingerprint density at radius 1 is 1.42 bits per heavy atom. The number of rotatable bonds is 4. The lowest BCUT2D eigenvalue weighted by Gasteiger charge is -2.43. The lowest BCUT2D eigenvalue weighted by atomic mass is 9.83. The van der Waals surface area contributed by atoms with Gasteiger partial charge in [0.1, 0.15) is 6.10 Å². The van der Waals surface area contributed by atoms with Gasteiger partial charge in [-0.1, -0.05) is 6.07 Å². The molecule has 24 heavy (non-hydrogen) atoms. The molecule has 1 fully saturated rings. The highest BCUT2D eigenvalue weighted by atomic mass is 32.1. The van der Waals surface area contributed by atoms with Crippen LogP contribution in [0.5, 0.6) is 0 Å². The number of aromatic nitrogens is 2. The Morgan fingerprint density at radius 2 is 2.33 bits per heavy atom. The molecule has 0 spiro atoms. The summed E-state index contributed by atoms with van der Waals surface area (Å²) in [7, 11) is 0. The molecule has 6 nitrogen and oxygen atoms in total. The molecule has 4 heterocycles. The fourth-order valence-corrected chi connectivity index (χ4v) is 4.37. The average Bonchev–Trinajstić information content (AvgIpc) is 3.07. The van der Waals surface area contributed by atoms with Crippen LogP contribution >= 0.6 is 11.3 Å². The summed E-state index contributed by atoms with van der Waals surface area (Å²) in [6.07, 6.45) is 3.80. The number of aliphatic hydroxyl groups excluding tert-OH is 1. The Labute approximate surface area is 144 Å². The molecule has 2 aliphatic rings. The van der Waals surface area contributed by atoms with Crippen LogP contribution in [-0.4, -0.2) is 51.5 Å². The van der Waals surface area contributed by atoms with Crippen molar-refractivity contribution < 1.29 is 5.11 Å². The zero-order valence-corrected chi connectivity index (χ0v) is 14.1. The van der Waals surface area contributed by atoms with Crippen LogP contribution in [0.2, 0.25) is 0 Å². The molecule has 3 unspecified atom stereocenters. The second-order valence-corrected chi connectivity index (χ2v) is 7.45. The maximum atomic E-state index is 12.0. The number of pyridine rings is 1. The van der Waals surface area contributed by atoms with Crippen LogP contribution in [0.4, 0.5) is 5.13 Å². The van der Waals surface area contributed by atoms with Gasteiger partial charge >= 0.3 is 0 Å². The minimum Gasteiger partial charge on any atom is -0.386 e. The molecule has 0 aliphatic carbocycles. The van der Waals surface area contributed by atoms with Gasteiger partial charge < -0.3 is 9.67 Å². The number of piperidine rings is 1. The molecule has 126 valence electrons. The quantitative estimate of drug-likeness (QED) is 0.853. The first-order valence-corrected chi connectivity index (χ1v) is 9.11. The normalized spacial score (nSPS) is 24.9. The number of likely N-dealkylation sites (tertiary alicyclic amines) is 1. The van der Waals surface area contributed by atoms with Crippen LogP contribution < -0.4 is 5.56 Å². The maximum absolute atomic E-state index is 12.0. The fourth-order valence-electron chi connectivity index (χ4n) is 3.89. The van der Waals surface area contributed by atoms with Crippen molar-refractivity contribution in [2.75, 3.05) is 19.6 Å². The van der Waals surface area contributed by atoms with Gasteiger partial charge in [0.25, 0.3) is 5.56 Å². The third-order valence-corrected chi connectivity index (χ3v) is 5.46. The first-order valence-electron chi connectivity index (χ1n) is 8.23. The number of aliphatic hydroxyl groups is 1. The van der Waals surface area contributed by atoms with E-state index in [1.165, 1.54) is 11.3 Å². The van der Waals surface area contributed by atoms with E-state index in [-0.39, 0.29) is 5.56 Å². The predicted molar refractivity (Wildman–Crippen MR) is 94.3 cm³/mol. The van der Waals surface area contributed by atoms with E-state index >= 15 is 0 Å². The molecule has 2 aromatic heterocycles. The Balaban J connectivity index is 1.43. The van der Waals surface area contributed by atoms with Crippen LogP contribution in [0.15, 0.2) is 39.6 Å². The molecule has 4 rings (SSSR count). The molecule has 0 saturated carbocycles. The van der Waals surface area contributed by atoms with Crippen molar-refractivity contribution >= 4 is 22.7 Å². The lowest BCUT2D eigenvalue weighted by molar-refractivity contribution is 0.0868. The van der Waals surface area contributed by atoms with Gasteiger partial charge in [0.15, 0.2) is 0 Å². The van der Waals surface area contributed by atoms with E-state index in [0.29, 0.717) is 23.5 Å². The molecule has 2 aliphatic heterocycles. The standard InChI is InChI=1S/C17H20N4O2S/c22-14(7-19-17-18-4-5-24-17)11-20-8-12-6-13(10-20)15-2-1-3-16(23)21(15)9-12/h1-5,7,12-14,22H,6,8-11H2. The maximum Gasteiger partial charge on any atom is 0.250 e. The molecule has 2 bridgehead atoms. The van der Waals surface area contributed by atoms with E-state index in [9.17, 15) is 9.90 Å². The van der Waals surface area contributed by atoms with Crippen LogP contribution in [0.25, 0.3) is 0 Å². The molecule has 0 aromatic carbocycles. The molecule has 7 heteroatoms. The summed E-state index contributed by atoms with van der Waals surface area (Å²) in [5.74, 6) is 0.842. The van der Waals surface area contributed by atoms with Gasteiger partial charge in [-0.25, -0.2) is 9.98 Å². The predicted octanol–water partition coefficient (Wildman–Crippen LogP) is 1.49. The Kier molecular flexibility index (Phi) is 4.30. The lowest BCUT2D eigenvalue weighted by Crippen LogP contribution is -2.49. The Hall–Kier alpha value is -1.83. The number of hydrogen-bond acceptors (Lipinski definition) is 6. The number of hydrogen-bond donors (Lipinski definition) is 1. The minimum absolute atomic E-state index is 0.103. The molecule has 0 radical (unpaired) electrons. The zero-order chi connectivity index (χ0) is 16.5. The summed E-state index contributed by atoms with van der Waals surface area (Å²) >= 11 is 1.45. The van der Waals surface area contributed by atoms with Gasteiger partial charge in [0.05, 0.1) is 0 Å². The van der Waals surface area contributed by atoms with E-state index < -0.39 is 6.10 Å². The highest BCUT2D eigenvalue weighted by Crippen LogP contribution is 2.34. The van der Waals surface area contributed by atoms with Gasteiger partial charge in [-0.05, 0) is 18.4 Å². The molecule has 0 amide bonds. The SMILES string of the molecule is O=c1cccc2n1CC1CC2CN(CC(O)C=Nc2nccs2)C1. The van der Waals surface area contributed by atoms with Crippen LogP contribution in [-0.2, 0) is 6.54 Å². The minimum atomic E-state index is -0.606. The van der Waals surface area contributed by atoms with Crippen molar-refractivity contribution in [3.63, 3.8) is 0 Å². The Morgan fingerprint density at radius 3 is 3.17 bits per heavy atom. The monoisotopic (exact) mass is 344 g/mol. The first-order chi connectivity index (χ1) is 11.7. The molecule has 3 atom stereocenters. The number of fused-ring (bicyclic) bond motifs is 4. The summed E-state index contributed by atoms with van der Waals surface area (Å²) < 4.78 is 1.93. The number of thiazole rings is 1. The smallest absolute Gasteiger partial charge is 0.250 e.